The average Bonchev–Trinajstić information content (AvgIpc) is 3.28. The number of aromatic nitrogens is 2. The van der Waals surface area contributed by atoms with E-state index in [-0.39, 0.29) is 34.1 Å². The number of aliphatic carboxylic acids is 1. The number of aliphatic hydroxyl groups is 1. The number of nitrogens with one attached hydrogen (secondary N) is 1. The number of anilines is 1. The number of ketones is 1. The molecule has 3 aliphatic rings. The highest BCUT2D eigenvalue weighted by Crippen LogP contribution is 2.45. The van der Waals surface area contributed by atoms with Crippen LogP contribution >= 0.6 is 23.3 Å². The summed E-state index contributed by atoms with van der Waals surface area (Å²) in [6.45, 7) is 2.42. The molecule has 0 spiro atoms. The first-order valence-electron chi connectivity index (χ1n) is 11.4. The van der Waals surface area contributed by atoms with E-state index in [1.807, 2.05) is 12.2 Å². The number of amides is 1. The number of hydrogen-bond acceptors (Lipinski definition) is 11. The number of carboxylic acid groups (broad SMARTS) is 1. The average molecular weight is 538 g/mol. The summed E-state index contributed by atoms with van der Waals surface area (Å²) in [4.78, 5) is 46.7. The first-order chi connectivity index (χ1) is 17.1. The number of carbonyl (C=O) groups is 3. The van der Waals surface area contributed by atoms with Gasteiger partial charge in [-0.3, -0.25) is 9.59 Å². The molecule has 2 aliphatic heterocycles. The van der Waals surface area contributed by atoms with Crippen LogP contribution in [0, 0.1) is 5.92 Å². The van der Waals surface area contributed by atoms with E-state index in [0.717, 1.165) is 41.9 Å². The summed E-state index contributed by atoms with van der Waals surface area (Å²) in [5.74, 6) is -2.62. The number of carbonyl (C=O) groups excluding carboxylic acids is 2. The summed E-state index contributed by atoms with van der Waals surface area (Å²) in [5.41, 5.74) is 6.06. The molecule has 5 N–H and O–H groups in total. The Morgan fingerprint density at radius 1 is 1.36 bits per heavy atom. The third kappa shape index (κ3) is 5.31. The topological polar surface area (TPSA) is 177 Å². The normalized spacial score (nSPS) is 30.6. The molecule has 1 saturated heterocycles. The van der Waals surface area contributed by atoms with Crippen LogP contribution in [0.2, 0.25) is 0 Å². The molecule has 194 valence electrons. The van der Waals surface area contributed by atoms with Crippen LogP contribution in [0.5, 0.6) is 0 Å². The van der Waals surface area contributed by atoms with Crippen molar-refractivity contribution in [2.75, 3.05) is 45.3 Å². The molecular formula is C22H29N6O6S2+. The molecule has 1 aromatic heterocycles. The van der Waals surface area contributed by atoms with E-state index in [1.165, 1.54) is 18.9 Å². The zero-order chi connectivity index (χ0) is 26.0. The first kappa shape index (κ1) is 26.3. The Hall–Kier alpha value is -2.81. The third-order valence-corrected chi connectivity index (χ3v) is 8.75. The van der Waals surface area contributed by atoms with E-state index in [9.17, 15) is 24.6 Å². The van der Waals surface area contributed by atoms with Crippen LogP contribution in [0.3, 0.4) is 0 Å². The van der Waals surface area contributed by atoms with Crippen molar-refractivity contribution in [3.05, 3.63) is 29.1 Å². The maximum absolute atomic E-state index is 13.0. The fourth-order valence-electron chi connectivity index (χ4n) is 4.74. The van der Waals surface area contributed by atoms with Crippen LogP contribution in [0.1, 0.15) is 18.7 Å². The highest BCUT2D eigenvalue weighted by molar-refractivity contribution is 8.00. The van der Waals surface area contributed by atoms with E-state index in [2.05, 4.69) is 26.9 Å². The van der Waals surface area contributed by atoms with Crippen LogP contribution in [-0.2, 0) is 19.2 Å². The summed E-state index contributed by atoms with van der Waals surface area (Å²) in [6, 6.07) is -0.866. The highest BCUT2D eigenvalue weighted by atomic mass is 32.2. The van der Waals surface area contributed by atoms with Crippen molar-refractivity contribution in [1.29, 1.82) is 0 Å². The van der Waals surface area contributed by atoms with Crippen molar-refractivity contribution in [3.8, 4) is 0 Å². The van der Waals surface area contributed by atoms with Crippen molar-refractivity contribution in [1.82, 2.24) is 14.7 Å². The molecule has 1 unspecified atom stereocenters. The number of hydrogen-bond donors (Lipinski definition) is 4. The number of Topliss-reactive ketones (excluding diaryl/α,β-unsaturated/α-hetero) is 1. The number of likely N-dealkylation sites (tertiary alicyclic amines) is 1. The number of rotatable bonds is 8. The lowest BCUT2D eigenvalue weighted by molar-refractivity contribution is -0.909. The molecule has 1 aliphatic carbocycles. The summed E-state index contributed by atoms with van der Waals surface area (Å²) in [6.07, 6.45) is 5.01. The van der Waals surface area contributed by atoms with Gasteiger partial charge in [-0.2, -0.15) is 21.1 Å². The van der Waals surface area contributed by atoms with E-state index < -0.39 is 29.1 Å². The molecule has 1 aromatic rings. The summed E-state index contributed by atoms with van der Waals surface area (Å²) < 4.78 is 4.74. The first-order valence-corrected chi connectivity index (χ1v) is 13.3. The minimum absolute atomic E-state index is 0.0189. The maximum Gasteiger partial charge on any atom is 0.332 e. The number of piperidine rings is 1. The fourth-order valence-corrected chi connectivity index (χ4v) is 6.66. The quantitative estimate of drug-likeness (QED) is 0.197. The van der Waals surface area contributed by atoms with Crippen molar-refractivity contribution < 1.29 is 33.9 Å². The molecule has 0 radical (unpaired) electrons. The van der Waals surface area contributed by atoms with E-state index >= 15 is 0 Å². The number of carboxylic acids is 1. The Labute approximate surface area is 216 Å². The number of likely N-dealkylation sites (N-methyl/N-ethyl adjacent to an activating group) is 1. The third-order valence-electron chi connectivity index (χ3n) is 6.80. The summed E-state index contributed by atoms with van der Waals surface area (Å²) in [5, 5.41) is 25.7. The maximum atomic E-state index is 13.0. The zero-order valence-corrected chi connectivity index (χ0v) is 21.5. The van der Waals surface area contributed by atoms with E-state index in [0.29, 0.717) is 17.9 Å². The molecule has 3 atom stereocenters. The second-order valence-electron chi connectivity index (χ2n) is 9.31. The minimum Gasteiger partial charge on any atom is -0.478 e. The number of nitrogens with two attached hydrogens (primary N) is 1. The van der Waals surface area contributed by atoms with E-state index in [4.69, 9.17) is 10.6 Å². The van der Waals surface area contributed by atoms with Gasteiger partial charge in [-0.05, 0) is 11.6 Å². The smallest absolute Gasteiger partial charge is 0.332 e. The van der Waals surface area contributed by atoms with Crippen LogP contribution < -0.4 is 11.1 Å². The van der Waals surface area contributed by atoms with Gasteiger partial charge in [-0.1, -0.05) is 11.2 Å². The number of nitrogen functional groups attached to an aromatic ring is 1. The molecule has 3 heterocycles. The minimum atomic E-state index is -1.13. The second kappa shape index (κ2) is 10.7. The van der Waals surface area contributed by atoms with Crippen molar-refractivity contribution in [2.24, 2.45) is 11.1 Å². The Kier molecular flexibility index (Phi) is 7.78. The monoisotopic (exact) mass is 537 g/mol. The molecule has 4 rings (SSSR count). The molecule has 12 nitrogen and oxygen atoms in total. The number of allylic oxidation sites excluding steroid dienone is 1. The molecule has 0 aromatic carbocycles. The Morgan fingerprint density at radius 2 is 2.08 bits per heavy atom. The molecular weight excluding hydrogens is 508 g/mol. The standard InChI is InChI=1S/C22H28N6O6S2/c1-28(8-5-12(29)6-9-28)7-3-4-11-10-35-18-14(13(11)21(32)33)17(30)15(18)24-20(31)16(26-34-2)19-25-22(23)36-27-19/h3-4,12,14-15,18,29H,5-10H2,1-2H3,(H3-,23,24,25,27,31,32,33)/p+1/b4-3+,26-16-/t12?,14?,15-,18+,28?/m1/s1. The SMILES string of the molecule is CO/N=C(\C(=O)N[C@@H]1C(=O)C2C(C(=O)O)=C(/C=C/C[N+]3(C)CCC(O)CC3)CS[C@@H]21)c1nsc(N)n1. The Bertz CT molecular complexity index is 1140. The number of fused-ring (bicyclic) bond motifs is 1. The van der Waals surface area contributed by atoms with Crippen LogP contribution in [-0.4, -0.2) is 104 Å². The predicted molar refractivity (Wildman–Crippen MR) is 134 cm³/mol. The van der Waals surface area contributed by atoms with Crippen LogP contribution in [0.4, 0.5) is 5.13 Å². The lowest BCUT2D eigenvalue weighted by Gasteiger charge is -2.46. The van der Waals surface area contributed by atoms with Gasteiger partial charge in [0.05, 0.1) is 44.3 Å². The molecule has 1 saturated carbocycles. The lowest BCUT2D eigenvalue weighted by Crippen LogP contribution is -2.65. The largest absolute Gasteiger partial charge is 0.478 e. The lowest BCUT2D eigenvalue weighted by atomic mass is 9.71. The van der Waals surface area contributed by atoms with Gasteiger partial charge in [0.1, 0.15) is 13.2 Å². The van der Waals surface area contributed by atoms with Gasteiger partial charge < -0.3 is 30.6 Å². The van der Waals surface area contributed by atoms with Crippen LogP contribution in [0.15, 0.2) is 28.5 Å². The van der Waals surface area contributed by atoms with Crippen molar-refractivity contribution in [3.63, 3.8) is 0 Å². The van der Waals surface area contributed by atoms with Gasteiger partial charge in [0, 0.05) is 35.4 Å². The number of aliphatic hydroxyl groups excluding tert-OH is 1. The molecule has 36 heavy (non-hydrogen) atoms. The van der Waals surface area contributed by atoms with Gasteiger partial charge >= 0.3 is 5.97 Å². The fraction of sp³-hybridized carbons (Fsp3) is 0.545. The van der Waals surface area contributed by atoms with E-state index in [1.54, 1.807) is 0 Å². The number of oxime groups is 1. The Balaban J connectivity index is 1.46. The molecule has 1 amide bonds. The number of quaternary nitrogens is 1. The van der Waals surface area contributed by atoms with Gasteiger partial charge in [0.25, 0.3) is 5.91 Å². The number of thioether (sulfide) groups is 1. The predicted octanol–water partition coefficient (Wildman–Crippen LogP) is -0.191. The summed E-state index contributed by atoms with van der Waals surface area (Å²) in [7, 11) is 3.38. The van der Waals surface area contributed by atoms with Gasteiger partial charge in [-0.15, -0.1) is 0 Å². The summed E-state index contributed by atoms with van der Waals surface area (Å²) >= 11 is 2.33. The molecule has 0 bridgehead atoms. The number of nitrogens with zero attached hydrogens (tertiary/aromatic N) is 4. The second-order valence-corrected chi connectivity index (χ2v) is 11.3. The molecule has 14 heteroatoms. The van der Waals surface area contributed by atoms with Gasteiger partial charge in [0.15, 0.2) is 10.9 Å². The van der Waals surface area contributed by atoms with Gasteiger partial charge in [0.2, 0.25) is 11.5 Å². The highest BCUT2D eigenvalue weighted by Gasteiger charge is 2.56. The zero-order valence-electron chi connectivity index (χ0n) is 19.9. The van der Waals surface area contributed by atoms with Crippen LogP contribution in [0.25, 0.3) is 0 Å². The molecule has 2 fully saturated rings. The van der Waals surface area contributed by atoms with Gasteiger partial charge in [-0.25, -0.2) is 4.79 Å². The Morgan fingerprint density at radius 3 is 2.69 bits per heavy atom. The van der Waals surface area contributed by atoms with Crippen molar-refractivity contribution in [2.45, 2.75) is 30.2 Å². The van der Waals surface area contributed by atoms with Crippen molar-refractivity contribution >= 4 is 51.8 Å².